The van der Waals surface area contributed by atoms with Crippen molar-refractivity contribution in [1.29, 1.82) is 0 Å². The highest BCUT2D eigenvalue weighted by Crippen LogP contribution is 2.35. The van der Waals surface area contributed by atoms with E-state index in [9.17, 15) is 13.2 Å². The standard InChI is InChI=1S/C13H11ClF3NS/c1-18-11(12-10(14)5-6-19-12)8-3-2-4-9(7-8)13(15,16)17/h2-7,11,18H,1H3. The van der Waals surface area contributed by atoms with Gasteiger partial charge >= 0.3 is 6.18 Å². The van der Waals surface area contributed by atoms with Crippen molar-refractivity contribution in [3.05, 3.63) is 56.7 Å². The molecule has 0 saturated carbocycles. The molecule has 1 aromatic heterocycles. The Labute approximate surface area is 118 Å². The quantitative estimate of drug-likeness (QED) is 0.864. The molecule has 0 bridgehead atoms. The Hall–Kier alpha value is -1.04. The summed E-state index contributed by atoms with van der Waals surface area (Å²) in [6.45, 7) is 0. The third-order valence-corrected chi connectivity index (χ3v) is 4.17. The van der Waals surface area contributed by atoms with Crippen molar-refractivity contribution in [1.82, 2.24) is 5.32 Å². The van der Waals surface area contributed by atoms with Gasteiger partial charge in [0.05, 0.1) is 16.6 Å². The van der Waals surface area contributed by atoms with E-state index in [0.29, 0.717) is 10.6 Å². The van der Waals surface area contributed by atoms with E-state index in [2.05, 4.69) is 5.32 Å². The van der Waals surface area contributed by atoms with Crippen LogP contribution in [0.2, 0.25) is 5.02 Å². The molecule has 102 valence electrons. The molecule has 0 aliphatic carbocycles. The van der Waals surface area contributed by atoms with Crippen molar-refractivity contribution >= 4 is 22.9 Å². The van der Waals surface area contributed by atoms with Gasteiger partial charge in [-0.25, -0.2) is 0 Å². The van der Waals surface area contributed by atoms with Gasteiger partial charge in [-0.2, -0.15) is 13.2 Å². The van der Waals surface area contributed by atoms with Gasteiger partial charge in [0.1, 0.15) is 0 Å². The summed E-state index contributed by atoms with van der Waals surface area (Å²) in [6, 6.07) is 6.68. The van der Waals surface area contributed by atoms with Crippen LogP contribution in [-0.4, -0.2) is 7.05 Å². The third-order valence-electron chi connectivity index (χ3n) is 2.74. The van der Waals surface area contributed by atoms with Crippen molar-refractivity contribution in [3.63, 3.8) is 0 Å². The zero-order chi connectivity index (χ0) is 14.0. The van der Waals surface area contributed by atoms with E-state index < -0.39 is 11.7 Å². The fourth-order valence-electron chi connectivity index (χ4n) is 1.86. The summed E-state index contributed by atoms with van der Waals surface area (Å²) >= 11 is 7.46. The Balaban J connectivity index is 2.42. The van der Waals surface area contributed by atoms with E-state index in [-0.39, 0.29) is 6.04 Å². The topological polar surface area (TPSA) is 12.0 Å². The monoisotopic (exact) mass is 305 g/mol. The second-order valence-corrected chi connectivity index (χ2v) is 5.33. The van der Waals surface area contributed by atoms with Crippen LogP contribution in [0.1, 0.15) is 22.0 Å². The van der Waals surface area contributed by atoms with Gasteiger partial charge in [0, 0.05) is 4.88 Å². The van der Waals surface area contributed by atoms with Crippen molar-refractivity contribution in [2.24, 2.45) is 0 Å². The maximum Gasteiger partial charge on any atom is 0.416 e. The maximum atomic E-state index is 12.7. The molecule has 0 fully saturated rings. The first-order chi connectivity index (χ1) is 8.93. The predicted molar refractivity (Wildman–Crippen MR) is 71.7 cm³/mol. The van der Waals surface area contributed by atoms with Crippen LogP contribution >= 0.6 is 22.9 Å². The van der Waals surface area contributed by atoms with Gasteiger partial charge in [-0.3, -0.25) is 0 Å². The molecule has 1 unspecified atom stereocenters. The number of halogens is 4. The van der Waals surface area contributed by atoms with Crippen molar-refractivity contribution < 1.29 is 13.2 Å². The third kappa shape index (κ3) is 3.11. The fraction of sp³-hybridized carbons (Fsp3) is 0.231. The fourth-order valence-corrected chi connectivity index (χ4v) is 3.16. The summed E-state index contributed by atoms with van der Waals surface area (Å²) in [4.78, 5) is 0.809. The molecule has 1 heterocycles. The lowest BCUT2D eigenvalue weighted by Crippen LogP contribution is -2.17. The highest BCUT2D eigenvalue weighted by Gasteiger charge is 2.31. The molecule has 6 heteroatoms. The van der Waals surface area contributed by atoms with Crippen LogP contribution in [0, 0.1) is 0 Å². The minimum atomic E-state index is -4.34. The first-order valence-corrected chi connectivity index (χ1v) is 6.76. The number of rotatable bonds is 3. The van der Waals surface area contributed by atoms with Gasteiger partial charge < -0.3 is 5.32 Å². The second kappa shape index (κ2) is 5.53. The smallest absolute Gasteiger partial charge is 0.309 e. The van der Waals surface area contributed by atoms with E-state index >= 15 is 0 Å². The van der Waals surface area contributed by atoms with Crippen LogP contribution in [0.15, 0.2) is 35.7 Å². The lowest BCUT2D eigenvalue weighted by molar-refractivity contribution is -0.137. The van der Waals surface area contributed by atoms with Crippen molar-refractivity contribution in [2.45, 2.75) is 12.2 Å². The molecule has 0 aliphatic heterocycles. The number of hydrogen-bond donors (Lipinski definition) is 1. The molecule has 0 spiro atoms. The molecular weight excluding hydrogens is 295 g/mol. The van der Waals surface area contributed by atoms with E-state index in [1.807, 2.05) is 5.38 Å². The molecule has 1 N–H and O–H groups in total. The molecule has 19 heavy (non-hydrogen) atoms. The summed E-state index contributed by atoms with van der Waals surface area (Å²) in [5.74, 6) is 0. The van der Waals surface area contributed by atoms with Crippen LogP contribution < -0.4 is 5.32 Å². The van der Waals surface area contributed by atoms with Crippen LogP contribution in [0.4, 0.5) is 13.2 Å². The maximum absolute atomic E-state index is 12.7. The van der Waals surface area contributed by atoms with E-state index in [4.69, 9.17) is 11.6 Å². The number of alkyl halides is 3. The molecule has 1 nitrogen and oxygen atoms in total. The molecule has 0 amide bonds. The van der Waals surface area contributed by atoms with Gasteiger partial charge in [-0.05, 0) is 36.2 Å². The first kappa shape index (κ1) is 14.4. The largest absolute Gasteiger partial charge is 0.416 e. The lowest BCUT2D eigenvalue weighted by atomic mass is 10.0. The normalized spacial score (nSPS) is 13.5. The molecule has 0 radical (unpaired) electrons. The Morgan fingerprint density at radius 3 is 2.53 bits per heavy atom. The zero-order valence-electron chi connectivity index (χ0n) is 9.96. The highest BCUT2D eigenvalue weighted by atomic mass is 35.5. The number of benzene rings is 1. The van der Waals surface area contributed by atoms with Gasteiger partial charge in [0.2, 0.25) is 0 Å². The van der Waals surface area contributed by atoms with Crippen LogP contribution in [0.5, 0.6) is 0 Å². The van der Waals surface area contributed by atoms with Gasteiger partial charge in [0.25, 0.3) is 0 Å². The SMILES string of the molecule is CNC(c1cccc(C(F)(F)F)c1)c1sccc1Cl. The Morgan fingerprint density at radius 2 is 2.00 bits per heavy atom. The summed E-state index contributed by atoms with van der Waals surface area (Å²) in [7, 11) is 1.70. The lowest BCUT2D eigenvalue weighted by Gasteiger charge is -2.17. The number of hydrogen-bond acceptors (Lipinski definition) is 2. The molecule has 1 atom stereocenters. The zero-order valence-corrected chi connectivity index (χ0v) is 11.5. The summed E-state index contributed by atoms with van der Waals surface area (Å²) in [5.41, 5.74) is -0.111. The minimum absolute atomic E-state index is 0.338. The summed E-state index contributed by atoms with van der Waals surface area (Å²) in [6.07, 6.45) is -4.34. The average molecular weight is 306 g/mol. The summed E-state index contributed by atoms with van der Waals surface area (Å²) in [5, 5.41) is 5.37. The van der Waals surface area contributed by atoms with Crippen LogP contribution in [0.3, 0.4) is 0 Å². The molecule has 0 aliphatic rings. The summed E-state index contributed by atoms with van der Waals surface area (Å²) < 4.78 is 38.1. The van der Waals surface area contributed by atoms with Crippen LogP contribution in [-0.2, 0) is 6.18 Å². The van der Waals surface area contributed by atoms with Gasteiger partial charge in [-0.1, -0.05) is 23.7 Å². The average Bonchev–Trinajstić information content (AvgIpc) is 2.76. The van der Waals surface area contributed by atoms with Crippen molar-refractivity contribution in [2.75, 3.05) is 7.05 Å². The molecular formula is C13H11ClF3NS. The van der Waals surface area contributed by atoms with E-state index in [1.54, 1.807) is 19.2 Å². The van der Waals surface area contributed by atoms with Crippen molar-refractivity contribution in [3.8, 4) is 0 Å². The van der Waals surface area contributed by atoms with Gasteiger partial charge in [-0.15, -0.1) is 11.3 Å². The molecule has 2 rings (SSSR count). The van der Waals surface area contributed by atoms with E-state index in [0.717, 1.165) is 17.0 Å². The Morgan fingerprint density at radius 1 is 1.26 bits per heavy atom. The minimum Gasteiger partial charge on any atom is -0.309 e. The second-order valence-electron chi connectivity index (χ2n) is 3.98. The van der Waals surface area contributed by atoms with Crippen LogP contribution in [0.25, 0.3) is 0 Å². The molecule has 0 saturated heterocycles. The number of thiophene rings is 1. The highest BCUT2D eigenvalue weighted by molar-refractivity contribution is 7.10. The first-order valence-electron chi connectivity index (χ1n) is 5.51. The Kier molecular flexibility index (Phi) is 4.18. The Bertz CT molecular complexity index is 565. The predicted octanol–water partition coefficient (Wildman–Crippen LogP) is 4.73. The van der Waals surface area contributed by atoms with Gasteiger partial charge in [0.15, 0.2) is 0 Å². The number of nitrogens with one attached hydrogen (secondary N) is 1. The van der Waals surface area contributed by atoms with E-state index in [1.165, 1.54) is 17.4 Å². The molecule has 1 aromatic carbocycles. The molecule has 2 aromatic rings.